The molecule has 3 nitrogen and oxygen atoms in total. The first kappa shape index (κ1) is 14.7. The molecule has 3 heteroatoms. The third-order valence-corrected chi connectivity index (χ3v) is 3.25. The fraction of sp³-hybridized carbons (Fsp3) is 0. The summed E-state index contributed by atoms with van der Waals surface area (Å²) >= 11 is 0. The van der Waals surface area contributed by atoms with Crippen molar-refractivity contribution in [3.63, 3.8) is 0 Å². The monoisotopic (exact) mass is 301 g/mol. The molecular formula is C20H15NO2. The number of para-hydroxylation sites is 1. The number of pyridine rings is 1. The van der Waals surface area contributed by atoms with Crippen LogP contribution in [-0.4, -0.2) is 11.0 Å². The molecule has 3 rings (SSSR count). The second-order valence-electron chi connectivity index (χ2n) is 4.88. The number of benzene rings is 2. The molecule has 0 unspecified atom stereocenters. The zero-order valence-electron chi connectivity index (χ0n) is 12.4. The SMILES string of the molecule is O=C(/C=C/c1ccccc1)Oc1ccccc1-c1ccccn1. The maximum Gasteiger partial charge on any atom is 0.336 e. The molecule has 23 heavy (non-hydrogen) atoms. The van der Waals surface area contributed by atoms with E-state index in [0.29, 0.717) is 5.75 Å². The van der Waals surface area contributed by atoms with Crippen LogP contribution in [0.2, 0.25) is 0 Å². The van der Waals surface area contributed by atoms with Crippen LogP contribution in [0.4, 0.5) is 0 Å². The predicted molar refractivity (Wildman–Crippen MR) is 90.8 cm³/mol. The van der Waals surface area contributed by atoms with Gasteiger partial charge in [-0.15, -0.1) is 0 Å². The molecule has 2 aromatic carbocycles. The van der Waals surface area contributed by atoms with Gasteiger partial charge in [0.2, 0.25) is 0 Å². The first-order valence-electron chi connectivity index (χ1n) is 7.28. The lowest BCUT2D eigenvalue weighted by Crippen LogP contribution is -2.04. The van der Waals surface area contributed by atoms with Crippen molar-refractivity contribution in [2.45, 2.75) is 0 Å². The molecule has 3 aromatic rings. The van der Waals surface area contributed by atoms with E-state index in [2.05, 4.69) is 4.98 Å². The Labute approximate surface area is 134 Å². The Morgan fingerprint density at radius 1 is 0.870 bits per heavy atom. The zero-order valence-corrected chi connectivity index (χ0v) is 12.4. The van der Waals surface area contributed by atoms with Crippen molar-refractivity contribution in [2.75, 3.05) is 0 Å². The van der Waals surface area contributed by atoms with Crippen LogP contribution in [0.25, 0.3) is 17.3 Å². The molecule has 0 aliphatic heterocycles. The highest BCUT2D eigenvalue weighted by atomic mass is 16.5. The fourth-order valence-electron chi connectivity index (χ4n) is 2.16. The van der Waals surface area contributed by atoms with Crippen molar-refractivity contribution >= 4 is 12.0 Å². The highest BCUT2D eigenvalue weighted by molar-refractivity contribution is 5.89. The number of nitrogens with zero attached hydrogens (tertiary/aromatic N) is 1. The van der Waals surface area contributed by atoms with Gasteiger partial charge in [-0.25, -0.2) is 4.79 Å². The Morgan fingerprint density at radius 3 is 2.39 bits per heavy atom. The van der Waals surface area contributed by atoms with Gasteiger partial charge < -0.3 is 4.74 Å². The lowest BCUT2D eigenvalue weighted by Gasteiger charge is -2.08. The Kier molecular flexibility index (Phi) is 4.60. The zero-order chi connectivity index (χ0) is 15.9. The summed E-state index contributed by atoms with van der Waals surface area (Å²) in [6, 6.07) is 22.6. The van der Waals surface area contributed by atoms with Crippen LogP contribution in [0.5, 0.6) is 5.75 Å². The van der Waals surface area contributed by atoms with Crippen molar-refractivity contribution in [1.29, 1.82) is 0 Å². The average molecular weight is 301 g/mol. The van der Waals surface area contributed by atoms with Crippen LogP contribution in [0.3, 0.4) is 0 Å². The maximum atomic E-state index is 12.0. The van der Waals surface area contributed by atoms with E-state index in [1.807, 2.05) is 66.7 Å². The van der Waals surface area contributed by atoms with E-state index in [4.69, 9.17) is 4.74 Å². The van der Waals surface area contributed by atoms with Gasteiger partial charge in [0.1, 0.15) is 5.75 Å². The van der Waals surface area contributed by atoms with E-state index in [0.717, 1.165) is 16.8 Å². The molecule has 0 radical (unpaired) electrons. The molecule has 0 fully saturated rings. The third-order valence-electron chi connectivity index (χ3n) is 3.25. The number of carbonyl (C=O) groups is 1. The van der Waals surface area contributed by atoms with Crippen LogP contribution >= 0.6 is 0 Å². The predicted octanol–water partition coefficient (Wildman–Crippen LogP) is 4.37. The second-order valence-corrected chi connectivity index (χ2v) is 4.88. The van der Waals surface area contributed by atoms with Gasteiger partial charge in [-0.3, -0.25) is 4.98 Å². The van der Waals surface area contributed by atoms with Gasteiger partial charge in [-0.05, 0) is 35.9 Å². The highest BCUT2D eigenvalue weighted by Gasteiger charge is 2.09. The van der Waals surface area contributed by atoms with E-state index >= 15 is 0 Å². The molecule has 0 bridgehead atoms. The van der Waals surface area contributed by atoms with Crippen molar-refractivity contribution in [2.24, 2.45) is 0 Å². The molecule has 0 saturated carbocycles. The normalized spacial score (nSPS) is 10.6. The van der Waals surface area contributed by atoms with Crippen LogP contribution < -0.4 is 4.74 Å². The molecule has 0 spiro atoms. The van der Waals surface area contributed by atoms with E-state index in [9.17, 15) is 4.79 Å². The van der Waals surface area contributed by atoms with Crippen molar-refractivity contribution in [1.82, 2.24) is 4.98 Å². The van der Waals surface area contributed by atoms with Crippen molar-refractivity contribution < 1.29 is 9.53 Å². The summed E-state index contributed by atoms with van der Waals surface area (Å²) in [7, 11) is 0. The highest BCUT2D eigenvalue weighted by Crippen LogP contribution is 2.28. The molecular weight excluding hydrogens is 286 g/mol. The van der Waals surface area contributed by atoms with Gasteiger partial charge in [0, 0.05) is 17.8 Å². The fourth-order valence-corrected chi connectivity index (χ4v) is 2.16. The van der Waals surface area contributed by atoms with E-state index in [1.54, 1.807) is 18.3 Å². The summed E-state index contributed by atoms with van der Waals surface area (Å²) in [5.41, 5.74) is 2.50. The Balaban J connectivity index is 1.78. The summed E-state index contributed by atoms with van der Waals surface area (Å²) in [6.45, 7) is 0. The summed E-state index contributed by atoms with van der Waals surface area (Å²) < 4.78 is 5.46. The Morgan fingerprint density at radius 2 is 1.61 bits per heavy atom. The van der Waals surface area contributed by atoms with Crippen LogP contribution in [0.1, 0.15) is 5.56 Å². The molecule has 0 atom stereocenters. The van der Waals surface area contributed by atoms with E-state index < -0.39 is 5.97 Å². The number of carbonyl (C=O) groups excluding carboxylic acids is 1. The van der Waals surface area contributed by atoms with E-state index in [-0.39, 0.29) is 0 Å². The second kappa shape index (κ2) is 7.18. The van der Waals surface area contributed by atoms with Crippen molar-refractivity contribution in [3.05, 3.63) is 90.6 Å². The Bertz CT molecular complexity index is 811. The molecule has 112 valence electrons. The van der Waals surface area contributed by atoms with Gasteiger partial charge in [-0.1, -0.05) is 48.5 Å². The first-order chi connectivity index (χ1) is 11.3. The largest absolute Gasteiger partial charge is 0.423 e. The van der Waals surface area contributed by atoms with Crippen LogP contribution in [-0.2, 0) is 4.79 Å². The Hall–Kier alpha value is -3.20. The first-order valence-corrected chi connectivity index (χ1v) is 7.28. The number of rotatable bonds is 4. The molecule has 1 aromatic heterocycles. The molecule has 0 saturated heterocycles. The molecule has 0 amide bonds. The topological polar surface area (TPSA) is 39.2 Å². The van der Waals surface area contributed by atoms with Crippen LogP contribution in [0.15, 0.2) is 85.1 Å². The minimum atomic E-state index is -0.419. The molecule has 0 N–H and O–H groups in total. The summed E-state index contributed by atoms with van der Waals surface area (Å²) in [4.78, 5) is 16.3. The number of esters is 1. The lowest BCUT2D eigenvalue weighted by molar-refractivity contribution is -0.128. The average Bonchev–Trinajstić information content (AvgIpc) is 2.62. The van der Waals surface area contributed by atoms with Gasteiger partial charge >= 0.3 is 5.97 Å². The van der Waals surface area contributed by atoms with Crippen LogP contribution in [0, 0.1) is 0 Å². The number of hydrogen-bond acceptors (Lipinski definition) is 3. The van der Waals surface area contributed by atoms with Gasteiger partial charge in [-0.2, -0.15) is 0 Å². The summed E-state index contributed by atoms with van der Waals surface area (Å²) in [5.74, 6) is 0.0751. The maximum absolute atomic E-state index is 12.0. The quantitative estimate of drug-likeness (QED) is 0.408. The van der Waals surface area contributed by atoms with E-state index in [1.165, 1.54) is 6.08 Å². The molecule has 0 aliphatic rings. The minimum absolute atomic E-state index is 0.419. The number of aromatic nitrogens is 1. The third kappa shape index (κ3) is 3.92. The van der Waals surface area contributed by atoms with Gasteiger partial charge in [0.15, 0.2) is 0 Å². The van der Waals surface area contributed by atoms with Crippen molar-refractivity contribution in [3.8, 4) is 17.0 Å². The smallest absolute Gasteiger partial charge is 0.336 e. The molecule has 1 heterocycles. The summed E-state index contributed by atoms with van der Waals surface area (Å²) in [5, 5.41) is 0. The minimum Gasteiger partial charge on any atom is -0.423 e. The van der Waals surface area contributed by atoms with Gasteiger partial charge in [0.25, 0.3) is 0 Å². The lowest BCUT2D eigenvalue weighted by atomic mass is 10.1. The standard InChI is InChI=1S/C20H15NO2/c22-20(14-13-16-8-2-1-3-9-16)23-19-12-5-4-10-17(19)18-11-6-7-15-21-18/h1-15H/b14-13+. The van der Waals surface area contributed by atoms with Gasteiger partial charge in [0.05, 0.1) is 5.69 Å². The molecule has 0 aliphatic carbocycles. The number of hydrogen-bond donors (Lipinski definition) is 0. The number of ether oxygens (including phenoxy) is 1. The summed E-state index contributed by atoms with van der Waals surface area (Å²) in [6.07, 6.45) is 4.86.